The van der Waals surface area contributed by atoms with Crippen LogP contribution in [0.3, 0.4) is 0 Å². The number of hydrogen-bond donors (Lipinski definition) is 0. The van der Waals surface area contributed by atoms with Gasteiger partial charge in [0.25, 0.3) is 0 Å². The summed E-state index contributed by atoms with van der Waals surface area (Å²) >= 11 is 5.65. The normalized spacial score (nSPS) is 17.7. The predicted molar refractivity (Wildman–Crippen MR) is 118 cm³/mol. The zero-order valence-electron chi connectivity index (χ0n) is 16.7. The summed E-state index contributed by atoms with van der Waals surface area (Å²) in [6.45, 7) is 3.67. The van der Waals surface area contributed by atoms with Crippen LogP contribution in [0, 0.1) is 0 Å². The van der Waals surface area contributed by atoms with Crippen LogP contribution in [-0.2, 0) is 17.6 Å². The highest BCUT2D eigenvalue weighted by Gasteiger charge is 2.28. The SMILES string of the molecule is CC1=C(CN2C=CC2C(=O)Cl)CCc2cc(OCCCc3ccccc3)ccc21. The highest BCUT2D eigenvalue weighted by Crippen LogP contribution is 2.34. The predicted octanol–water partition coefficient (Wildman–Crippen LogP) is 5.38. The van der Waals surface area contributed by atoms with Gasteiger partial charge in [0.1, 0.15) is 11.8 Å². The molecular weight excluding hydrogens is 382 g/mol. The van der Waals surface area contributed by atoms with Crippen molar-refractivity contribution in [2.24, 2.45) is 0 Å². The summed E-state index contributed by atoms with van der Waals surface area (Å²) in [6.07, 6.45) is 7.85. The highest BCUT2D eigenvalue weighted by atomic mass is 35.5. The zero-order chi connectivity index (χ0) is 20.2. The Hall–Kier alpha value is -2.52. The fraction of sp³-hybridized carbons (Fsp3) is 0.320. The van der Waals surface area contributed by atoms with Gasteiger partial charge < -0.3 is 9.64 Å². The number of carbonyl (C=O) groups excluding carboxylic acids is 1. The van der Waals surface area contributed by atoms with E-state index >= 15 is 0 Å². The molecule has 2 aromatic rings. The molecule has 0 spiro atoms. The molecule has 0 saturated carbocycles. The lowest BCUT2D eigenvalue weighted by atomic mass is 9.85. The topological polar surface area (TPSA) is 29.5 Å². The third-order valence-corrected chi connectivity index (χ3v) is 6.08. The molecule has 4 rings (SSSR count). The molecule has 1 atom stereocenters. The van der Waals surface area contributed by atoms with E-state index in [-0.39, 0.29) is 11.3 Å². The van der Waals surface area contributed by atoms with E-state index in [0.29, 0.717) is 0 Å². The number of aryl methyl sites for hydroxylation is 2. The second-order valence-electron chi connectivity index (χ2n) is 7.75. The van der Waals surface area contributed by atoms with Gasteiger partial charge in [-0.25, -0.2) is 0 Å². The van der Waals surface area contributed by atoms with E-state index < -0.39 is 0 Å². The van der Waals surface area contributed by atoms with Crippen molar-refractivity contribution in [3.8, 4) is 5.75 Å². The number of ether oxygens (including phenoxy) is 1. The highest BCUT2D eigenvalue weighted by molar-refractivity contribution is 6.65. The molecular formula is C25H26ClNO2. The van der Waals surface area contributed by atoms with Crippen molar-refractivity contribution in [3.05, 3.63) is 83.1 Å². The molecule has 2 aromatic carbocycles. The first-order valence-electron chi connectivity index (χ1n) is 10.2. The molecule has 0 N–H and O–H groups in total. The summed E-state index contributed by atoms with van der Waals surface area (Å²) in [5.74, 6) is 0.950. The van der Waals surface area contributed by atoms with Gasteiger partial charge in [0.05, 0.1) is 6.61 Å². The van der Waals surface area contributed by atoms with E-state index in [1.807, 2.05) is 23.2 Å². The van der Waals surface area contributed by atoms with Crippen LogP contribution in [-0.4, -0.2) is 29.3 Å². The van der Waals surface area contributed by atoms with Crippen LogP contribution in [0.4, 0.5) is 0 Å². The Morgan fingerprint density at radius 2 is 2.00 bits per heavy atom. The Morgan fingerprint density at radius 1 is 1.17 bits per heavy atom. The van der Waals surface area contributed by atoms with Crippen LogP contribution in [0.1, 0.15) is 36.5 Å². The lowest BCUT2D eigenvalue weighted by Crippen LogP contribution is -2.42. The Labute approximate surface area is 177 Å². The second kappa shape index (κ2) is 8.87. The van der Waals surface area contributed by atoms with E-state index in [1.54, 1.807) is 0 Å². The fourth-order valence-electron chi connectivity index (χ4n) is 4.08. The molecule has 4 heteroatoms. The average molecular weight is 408 g/mol. The molecule has 1 heterocycles. The van der Waals surface area contributed by atoms with Gasteiger partial charge in [-0.3, -0.25) is 4.79 Å². The third kappa shape index (κ3) is 4.56. The van der Waals surface area contributed by atoms with E-state index in [4.69, 9.17) is 16.3 Å². The standard InChI is InChI=1S/C25H26ClNO2/c1-18-21(17-27-14-13-24(27)25(26)28)10-9-20-16-22(11-12-23(18)20)29-15-5-8-19-6-3-2-4-7-19/h2-4,6-7,11-14,16,24H,5,8-10,15,17H2,1H3. The van der Waals surface area contributed by atoms with Crippen LogP contribution in [0.2, 0.25) is 0 Å². The van der Waals surface area contributed by atoms with Crippen molar-refractivity contribution >= 4 is 22.4 Å². The Kier molecular flexibility index (Phi) is 6.05. The minimum Gasteiger partial charge on any atom is -0.494 e. The van der Waals surface area contributed by atoms with E-state index in [9.17, 15) is 4.79 Å². The Morgan fingerprint density at radius 3 is 2.72 bits per heavy atom. The van der Waals surface area contributed by atoms with Crippen LogP contribution >= 0.6 is 11.6 Å². The van der Waals surface area contributed by atoms with Gasteiger partial charge in [0.15, 0.2) is 0 Å². The lowest BCUT2D eigenvalue weighted by Gasteiger charge is -2.35. The molecule has 2 aliphatic rings. The second-order valence-corrected chi connectivity index (χ2v) is 8.12. The Bertz CT molecular complexity index is 949. The molecule has 0 amide bonds. The lowest BCUT2D eigenvalue weighted by molar-refractivity contribution is -0.115. The van der Waals surface area contributed by atoms with Crippen molar-refractivity contribution in [1.82, 2.24) is 4.90 Å². The van der Waals surface area contributed by atoms with Crippen molar-refractivity contribution in [2.45, 2.75) is 38.6 Å². The van der Waals surface area contributed by atoms with Gasteiger partial charge in [-0.15, -0.1) is 0 Å². The molecule has 1 aliphatic heterocycles. The maximum atomic E-state index is 11.4. The number of hydrogen-bond acceptors (Lipinski definition) is 3. The smallest absolute Gasteiger partial charge is 0.248 e. The maximum absolute atomic E-state index is 11.4. The number of nitrogens with zero attached hydrogens (tertiary/aromatic N) is 1. The zero-order valence-corrected chi connectivity index (χ0v) is 17.5. The van der Waals surface area contributed by atoms with Crippen LogP contribution < -0.4 is 4.74 Å². The molecule has 0 aromatic heterocycles. The van der Waals surface area contributed by atoms with Gasteiger partial charge in [0.2, 0.25) is 5.24 Å². The van der Waals surface area contributed by atoms with E-state index in [0.717, 1.165) is 44.6 Å². The minimum atomic E-state index is -0.309. The third-order valence-electron chi connectivity index (χ3n) is 5.85. The summed E-state index contributed by atoms with van der Waals surface area (Å²) < 4.78 is 6.00. The van der Waals surface area contributed by atoms with Crippen molar-refractivity contribution in [3.63, 3.8) is 0 Å². The van der Waals surface area contributed by atoms with Crippen molar-refractivity contribution in [1.29, 1.82) is 0 Å². The molecule has 0 fully saturated rings. The van der Waals surface area contributed by atoms with Gasteiger partial charge in [-0.05, 0) is 96.5 Å². The molecule has 0 saturated heterocycles. The van der Waals surface area contributed by atoms with Crippen LogP contribution in [0.25, 0.3) is 5.57 Å². The first-order valence-corrected chi connectivity index (χ1v) is 10.6. The fourth-order valence-corrected chi connectivity index (χ4v) is 4.27. The monoisotopic (exact) mass is 407 g/mol. The van der Waals surface area contributed by atoms with Crippen molar-refractivity contribution in [2.75, 3.05) is 13.2 Å². The number of halogens is 1. The summed E-state index contributed by atoms with van der Waals surface area (Å²) in [4.78, 5) is 13.4. The summed E-state index contributed by atoms with van der Waals surface area (Å²) in [7, 11) is 0. The van der Waals surface area contributed by atoms with Crippen LogP contribution in [0.5, 0.6) is 5.75 Å². The quantitative estimate of drug-likeness (QED) is 0.434. The molecule has 1 aliphatic carbocycles. The molecule has 0 bridgehead atoms. The van der Waals surface area contributed by atoms with Gasteiger partial charge >= 0.3 is 0 Å². The number of carbonyl (C=O) groups is 1. The average Bonchev–Trinajstić information content (AvgIpc) is 2.70. The first kappa shape index (κ1) is 19.8. The van der Waals surface area contributed by atoms with Gasteiger partial charge in [-0.1, -0.05) is 36.4 Å². The van der Waals surface area contributed by atoms with Crippen molar-refractivity contribution < 1.29 is 9.53 Å². The molecule has 0 radical (unpaired) electrons. The molecule has 3 nitrogen and oxygen atoms in total. The minimum absolute atomic E-state index is 0.273. The summed E-state index contributed by atoms with van der Waals surface area (Å²) in [5, 5.41) is -0.309. The van der Waals surface area contributed by atoms with Gasteiger partial charge in [0, 0.05) is 6.54 Å². The number of allylic oxidation sites excluding steroid dienone is 1. The summed E-state index contributed by atoms with van der Waals surface area (Å²) in [6, 6.07) is 16.7. The molecule has 1 unspecified atom stereocenters. The maximum Gasteiger partial charge on any atom is 0.248 e. The molecule has 29 heavy (non-hydrogen) atoms. The largest absolute Gasteiger partial charge is 0.494 e. The van der Waals surface area contributed by atoms with E-state index in [2.05, 4.69) is 49.4 Å². The number of fused-ring (bicyclic) bond motifs is 1. The van der Waals surface area contributed by atoms with E-state index in [1.165, 1.54) is 27.8 Å². The Balaban J connectivity index is 1.35. The number of rotatable bonds is 8. The summed E-state index contributed by atoms with van der Waals surface area (Å²) in [5.41, 5.74) is 6.67. The number of benzene rings is 2. The van der Waals surface area contributed by atoms with Gasteiger partial charge in [-0.2, -0.15) is 0 Å². The first-order chi connectivity index (χ1) is 14.1. The van der Waals surface area contributed by atoms with Crippen LogP contribution in [0.15, 0.2) is 66.4 Å². The molecule has 150 valence electrons.